The third-order valence-corrected chi connectivity index (χ3v) is 3.51. The molecule has 108 valence electrons. The van der Waals surface area contributed by atoms with Crippen molar-refractivity contribution in [3.05, 3.63) is 35.1 Å². The second-order valence-corrected chi connectivity index (χ2v) is 5.84. The molecule has 0 spiro atoms. The van der Waals surface area contributed by atoms with Gasteiger partial charge in [0.25, 0.3) is 0 Å². The van der Waals surface area contributed by atoms with Crippen molar-refractivity contribution in [3.63, 3.8) is 0 Å². The monoisotopic (exact) mass is 265 g/mol. The molecule has 0 bridgehead atoms. The van der Waals surface area contributed by atoms with Crippen LogP contribution in [-0.4, -0.2) is 6.54 Å². The Labute approximate surface area is 117 Å². The Hall–Kier alpha value is -0.890. The summed E-state index contributed by atoms with van der Waals surface area (Å²) in [6.07, 6.45) is 6.53. The summed E-state index contributed by atoms with van der Waals surface area (Å²) in [5.74, 6) is 0.685. The van der Waals surface area contributed by atoms with Gasteiger partial charge in [-0.15, -0.1) is 0 Å². The van der Waals surface area contributed by atoms with Gasteiger partial charge in [0.1, 0.15) is 5.82 Å². The first kappa shape index (κ1) is 16.2. The van der Waals surface area contributed by atoms with Crippen molar-refractivity contribution in [2.24, 2.45) is 5.92 Å². The summed E-state index contributed by atoms with van der Waals surface area (Å²) in [5.41, 5.74) is 2.23. The SMILES string of the molecule is Cc1ccc(F)cc1CNCCCCCCC(C)C. The Morgan fingerprint density at radius 1 is 1.11 bits per heavy atom. The number of hydrogen-bond donors (Lipinski definition) is 1. The minimum absolute atomic E-state index is 0.143. The fraction of sp³-hybridized carbons (Fsp3) is 0.647. The second kappa shape index (κ2) is 9.08. The quantitative estimate of drug-likeness (QED) is 0.631. The predicted octanol–water partition coefficient (Wildman–Crippen LogP) is 4.83. The maximum Gasteiger partial charge on any atom is 0.123 e. The molecule has 1 nitrogen and oxygen atoms in total. The molecule has 0 aliphatic rings. The Morgan fingerprint density at radius 2 is 1.84 bits per heavy atom. The van der Waals surface area contributed by atoms with Crippen molar-refractivity contribution < 1.29 is 4.39 Å². The molecule has 0 amide bonds. The molecular formula is C17H28FN. The molecule has 2 heteroatoms. The lowest BCUT2D eigenvalue weighted by Gasteiger charge is -2.08. The second-order valence-electron chi connectivity index (χ2n) is 5.84. The number of halogens is 1. The summed E-state index contributed by atoms with van der Waals surface area (Å²) < 4.78 is 13.1. The van der Waals surface area contributed by atoms with Gasteiger partial charge in [-0.1, -0.05) is 45.6 Å². The van der Waals surface area contributed by atoms with Gasteiger partial charge in [0.2, 0.25) is 0 Å². The van der Waals surface area contributed by atoms with Gasteiger partial charge in [0.05, 0.1) is 0 Å². The van der Waals surface area contributed by atoms with Gasteiger partial charge in [0, 0.05) is 6.54 Å². The summed E-state index contributed by atoms with van der Waals surface area (Å²) in [6, 6.07) is 5.00. The molecule has 0 aliphatic carbocycles. The maximum absolute atomic E-state index is 13.1. The average molecular weight is 265 g/mol. The van der Waals surface area contributed by atoms with E-state index in [1.165, 1.54) is 38.2 Å². The topological polar surface area (TPSA) is 12.0 Å². The molecular weight excluding hydrogens is 237 g/mol. The standard InChI is InChI=1S/C17H28FN/c1-14(2)8-6-4-5-7-11-19-13-16-12-17(18)10-9-15(16)3/h9-10,12,14,19H,4-8,11,13H2,1-3H3. The lowest BCUT2D eigenvalue weighted by atomic mass is 10.0. The van der Waals surface area contributed by atoms with E-state index in [1.807, 2.05) is 13.0 Å². The minimum atomic E-state index is -0.143. The smallest absolute Gasteiger partial charge is 0.123 e. The molecule has 0 atom stereocenters. The van der Waals surface area contributed by atoms with E-state index in [0.29, 0.717) is 0 Å². The number of benzene rings is 1. The first-order valence-corrected chi connectivity index (χ1v) is 7.55. The maximum atomic E-state index is 13.1. The van der Waals surface area contributed by atoms with Crippen LogP contribution in [0.4, 0.5) is 4.39 Å². The van der Waals surface area contributed by atoms with Crippen LogP contribution in [0.1, 0.15) is 57.1 Å². The van der Waals surface area contributed by atoms with Crippen LogP contribution in [0.15, 0.2) is 18.2 Å². The highest BCUT2D eigenvalue weighted by Crippen LogP contribution is 2.11. The van der Waals surface area contributed by atoms with E-state index in [-0.39, 0.29) is 5.82 Å². The van der Waals surface area contributed by atoms with E-state index in [2.05, 4.69) is 19.2 Å². The lowest BCUT2D eigenvalue weighted by Crippen LogP contribution is -2.15. The van der Waals surface area contributed by atoms with Crippen LogP contribution in [0, 0.1) is 18.7 Å². The van der Waals surface area contributed by atoms with Gasteiger partial charge in [-0.25, -0.2) is 4.39 Å². The van der Waals surface area contributed by atoms with Gasteiger partial charge in [-0.05, 0) is 49.1 Å². The molecule has 1 rings (SSSR count). The molecule has 1 N–H and O–H groups in total. The van der Waals surface area contributed by atoms with Gasteiger partial charge >= 0.3 is 0 Å². The van der Waals surface area contributed by atoms with Crippen molar-refractivity contribution in [1.82, 2.24) is 5.32 Å². The Morgan fingerprint density at radius 3 is 2.58 bits per heavy atom. The normalized spacial score (nSPS) is 11.2. The van der Waals surface area contributed by atoms with Crippen molar-refractivity contribution >= 4 is 0 Å². The fourth-order valence-corrected chi connectivity index (χ4v) is 2.21. The van der Waals surface area contributed by atoms with Gasteiger partial charge in [-0.2, -0.15) is 0 Å². The fourth-order valence-electron chi connectivity index (χ4n) is 2.21. The lowest BCUT2D eigenvalue weighted by molar-refractivity contribution is 0.512. The van der Waals surface area contributed by atoms with Gasteiger partial charge < -0.3 is 5.32 Å². The summed E-state index contributed by atoms with van der Waals surface area (Å²) in [4.78, 5) is 0. The molecule has 0 fully saturated rings. The van der Waals surface area contributed by atoms with Crippen LogP contribution in [0.2, 0.25) is 0 Å². The zero-order valence-electron chi connectivity index (χ0n) is 12.6. The zero-order chi connectivity index (χ0) is 14.1. The Bertz CT molecular complexity index is 360. The number of hydrogen-bond acceptors (Lipinski definition) is 1. The van der Waals surface area contributed by atoms with E-state index in [0.717, 1.165) is 30.1 Å². The molecule has 0 aromatic heterocycles. The van der Waals surface area contributed by atoms with Crippen LogP contribution in [0.3, 0.4) is 0 Å². The highest BCUT2D eigenvalue weighted by Gasteiger charge is 2.00. The van der Waals surface area contributed by atoms with Crippen molar-refractivity contribution in [1.29, 1.82) is 0 Å². The van der Waals surface area contributed by atoms with Gasteiger partial charge in [-0.3, -0.25) is 0 Å². The molecule has 1 aromatic rings. The number of unbranched alkanes of at least 4 members (excludes halogenated alkanes) is 3. The molecule has 0 radical (unpaired) electrons. The van der Waals surface area contributed by atoms with E-state index in [9.17, 15) is 4.39 Å². The molecule has 0 aliphatic heterocycles. The van der Waals surface area contributed by atoms with E-state index in [4.69, 9.17) is 0 Å². The van der Waals surface area contributed by atoms with E-state index < -0.39 is 0 Å². The molecule has 1 aromatic carbocycles. The molecule has 0 saturated heterocycles. The van der Waals surface area contributed by atoms with Crippen LogP contribution >= 0.6 is 0 Å². The third-order valence-electron chi connectivity index (χ3n) is 3.51. The van der Waals surface area contributed by atoms with Crippen molar-refractivity contribution in [2.75, 3.05) is 6.54 Å². The number of aryl methyl sites for hydroxylation is 1. The highest BCUT2D eigenvalue weighted by molar-refractivity contribution is 5.26. The molecule has 0 heterocycles. The molecule has 0 saturated carbocycles. The minimum Gasteiger partial charge on any atom is -0.313 e. The third kappa shape index (κ3) is 7.31. The first-order chi connectivity index (χ1) is 9.09. The van der Waals surface area contributed by atoms with Crippen molar-refractivity contribution in [2.45, 2.75) is 59.4 Å². The van der Waals surface area contributed by atoms with E-state index >= 15 is 0 Å². The van der Waals surface area contributed by atoms with E-state index in [1.54, 1.807) is 6.07 Å². The highest BCUT2D eigenvalue weighted by atomic mass is 19.1. The van der Waals surface area contributed by atoms with Crippen LogP contribution in [-0.2, 0) is 6.54 Å². The van der Waals surface area contributed by atoms with Crippen LogP contribution in [0.25, 0.3) is 0 Å². The molecule has 19 heavy (non-hydrogen) atoms. The Balaban J connectivity index is 2.06. The zero-order valence-corrected chi connectivity index (χ0v) is 12.6. The Kier molecular flexibility index (Phi) is 7.73. The summed E-state index contributed by atoms with van der Waals surface area (Å²) in [6.45, 7) is 8.39. The summed E-state index contributed by atoms with van der Waals surface area (Å²) >= 11 is 0. The molecule has 0 unspecified atom stereocenters. The number of rotatable bonds is 9. The average Bonchev–Trinajstić information content (AvgIpc) is 2.36. The van der Waals surface area contributed by atoms with Crippen LogP contribution in [0.5, 0.6) is 0 Å². The predicted molar refractivity (Wildman–Crippen MR) is 80.8 cm³/mol. The largest absolute Gasteiger partial charge is 0.313 e. The number of nitrogens with one attached hydrogen (secondary N) is 1. The summed E-state index contributed by atoms with van der Waals surface area (Å²) in [7, 11) is 0. The van der Waals surface area contributed by atoms with Crippen molar-refractivity contribution in [3.8, 4) is 0 Å². The summed E-state index contributed by atoms with van der Waals surface area (Å²) in [5, 5.41) is 3.40. The van der Waals surface area contributed by atoms with Gasteiger partial charge in [0.15, 0.2) is 0 Å². The first-order valence-electron chi connectivity index (χ1n) is 7.55. The van der Waals surface area contributed by atoms with Crippen LogP contribution < -0.4 is 5.32 Å².